The van der Waals surface area contributed by atoms with E-state index in [-0.39, 0.29) is 5.56 Å². The Morgan fingerprint density at radius 3 is 2.42 bits per heavy atom. The van der Waals surface area contributed by atoms with Crippen LogP contribution in [-0.2, 0) is 5.41 Å². The minimum absolute atomic E-state index is 0.0129. The van der Waals surface area contributed by atoms with E-state index in [2.05, 4.69) is 103 Å². The molecule has 2 aromatic heterocycles. The van der Waals surface area contributed by atoms with Gasteiger partial charge in [-0.1, -0.05) is 91.9 Å². The Morgan fingerprint density at radius 2 is 1.53 bits per heavy atom. The van der Waals surface area contributed by atoms with Gasteiger partial charge < -0.3 is 0 Å². The third-order valence-electron chi connectivity index (χ3n) is 10.1. The molecule has 0 amide bonds. The van der Waals surface area contributed by atoms with Crippen molar-refractivity contribution in [2.75, 3.05) is 0 Å². The Bertz CT molecular complexity index is 2480. The first kappa shape index (κ1) is 23.3. The van der Waals surface area contributed by atoms with Crippen molar-refractivity contribution in [3.63, 3.8) is 0 Å². The molecule has 43 heavy (non-hydrogen) atoms. The normalized spacial score (nSPS) is 19.9. The van der Waals surface area contributed by atoms with Crippen LogP contribution in [0.15, 0.2) is 132 Å². The summed E-state index contributed by atoms with van der Waals surface area (Å²) in [5.41, 5.74) is 12.7. The summed E-state index contributed by atoms with van der Waals surface area (Å²) in [4.78, 5) is 19.1. The minimum atomic E-state index is -0.425. The molecule has 3 heteroatoms. The maximum Gasteiger partial charge on any atom is 0.263 e. The summed E-state index contributed by atoms with van der Waals surface area (Å²) in [6, 6.07) is 36.6. The fourth-order valence-electron chi connectivity index (χ4n) is 8.45. The van der Waals surface area contributed by atoms with Crippen molar-refractivity contribution >= 4 is 38.2 Å². The molecule has 5 aromatic carbocycles. The predicted molar refractivity (Wildman–Crippen MR) is 175 cm³/mol. The van der Waals surface area contributed by atoms with E-state index in [0.29, 0.717) is 11.3 Å². The summed E-state index contributed by atoms with van der Waals surface area (Å²) in [5, 5.41) is 3.78. The average molecular weight is 551 g/mol. The van der Waals surface area contributed by atoms with Crippen LogP contribution < -0.4 is 5.56 Å². The second-order valence-corrected chi connectivity index (χ2v) is 12.3. The summed E-state index contributed by atoms with van der Waals surface area (Å²) < 4.78 is 1.93. The van der Waals surface area contributed by atoms with Gasteiger partial charge in [0, 0.05) is 28.0 Å². The van der Waals surface area contributed by atoms with Gasteiger partial charge in [-0.2, -0.15) is 0 Å². The van der Waals surface area contributed by atoms with Crippen molar-refractivity contribution in [3.05, 3.63) is 160 Å². The Hall–Kier alpha value is -5.28. The second kappa shape index (κ2) is 7.96. The van der Waals surface area contributed by atoms with Crippen molar-refractivity contribution in [3.8, 4) is 16.8 Å². The highest BCUT2D eigenvalue weighted by atomic mass is 16.1. The van der Waals surface area contributed by atoms with Gasteiger partial charge in [0.2, 0.25) is 0 Å². The summed E-state index contributed by atoms with van der Waals surface area (Å²) in [5.74, 6) is 0.455. The molecule has 0 saturated heterocycles. The van der Waals surface area contributed by atoms with E-state index in [1.54, 1.807) is 0 Å². The Labute approximate surface area is 248 Å². The van der Waals surface area contributed by atoms with Gasteiger partial charge in [0.15, 0.2) is 0 Å². The molecule has 2 atom stereocenters. The number of hydrogen-bond donors (Lipinski definition) is 0. The van der Waals surface area contributed by atoms with Gasteiger partial charge in [-0.3, -0.25) is 14.3 Å². The lowest BCUT2D eigenvalue weighted by Crippen LogP contribution is -2.27. The molecular formula is C40H26N2O. The molecule has 0 saturated carbocycles. The molecule has 2 heterocycles. The maximum absolute atomic E-state index is 14.4. The predicted octanol–water partition coefficient (Wildman–Crippen LogP) is 8.81. The molecule has 10 rings (SSSR count). The van der Waals surface area contributed by atoms with Crippen LogP contribution in [-0.4, -0.2) is 9.55 Å². The van der Waals surface area contributed by atoms with Gasteiger partial charge in [-0.15, -0.1) is 0 Å². The highest BCUT2D eigenvalue weighted by Gasteiger charge is 2.53. The van der Waals surface area contributed by atoms with Crippen molar-refractivity contribution in [2.24, 2.45) is 5.92 Å². The van der Waals surface area contributed by atoms with Gasteiger partial charge in [-0.05, 0) is 87.2 Å². The van der Waals surface area contributed by atoms with Crippen molar-refractivity contribution in [2.45, 2.75) is 18.8 Å². The first-order chi connectivity index (χ1) is 21.2. The van der Waals surface area contributed by atoms with Crippen molar-refractivity contribution in [1.29, 1.82) is 0 Å². The SMILES string of the molecule is CC1C=C2C(=CC1)c1ccccc1C21c2ccccc2-c2ccc(-n3c(=O)c4cccc5ncc6cccc3c6c54)cc21. The van der Waals surface area contributed by atoms with E-state index in [1.807, 2.05) is 35.0 Å². The standard InChI is InChI=1S/C40H26N2O/c1-23-16-18-28-26-9-2-4-12-31(26)40(33(28)20-23)32-13-5-3-10-27(32)29-19-17-25(21-34(29)40)42-36-15-6-8-24-22-41-35-14-7-11-30(39(42)43)38(35)37(24)36/h2-15,17-23H,16H2,1H3. The van der Waals surface area contributed by atoms with Crippen molar-refractivity contribution < 1.29 is 0 Å². The fraction of sp³-hybridized carbons (Fsp3) is 0.100. The zero-order valence-corrected chi connectivity index (χ0v) is 23.6. The summed E-state index contributed by atoms with van der Waals surface area (Å²) in [6.07, 6.45) is 7.92. The van der Waals surface area contributed by atoms with Crippen LogP contribution in [0.2, 0.25) is 0 Å². The molecular weight excluding hydrogens is 524 g/mol. The number of rotatable bonds is 1. The topological polar surface area (TPSA) is 34.9 Å². The van der Waals surface area contributed by atoms with Crippen LogP contribution in [0, 0.1) is 5.92 Å². The third kappa shape index (κ3) is 2.71. The first-order valence-corrected chi connectivity index (χ1v) is 15.1. The molecule has 0 bridgehead atoms. The van der Waals surface area contributed by atoms with Gasteiger partial charge >= 0.3 is 0 Å². The lowest BCUT2D eigenvalue weighted by Gasteiger charge is -2.33. The Morgan fingerprint density at radius 1 is 0.767 bits per heavy atom. The second-order valence-electron chi connectivity index (χ2n) is 12.3. The summed E-state index contributed by atoms with van der Waals surface area (Å²) in [6.45, 7) is 2.31. The molecule has 0 aliphatic heterocycles. The van der Waals surface area contributed by atoms with Crippen LogP contribution >= 0.6 is 0 Å². The summed E-state index contributed by atoms with van der Waals surface area (Å²) >= 11 is 0. The minimum Gasteiger partial charge on any atom is -0.276 e. The Balaban J connectivity index is 1.35. The molecule has 3 nitrogen and oxygen atoms in total. The molecule has 2 unspecified atom stereocenters. The number of nitrogens with zero attached hydrogens (tertiary/aromatic N) is 2. The molecule has 0 radical (unpaired) electrons. The number of allylic oxidation sites excluding steroid dienone is 4. The smallest absolute Gasteiger partial charge is 0.263 e. The van der Waals surface area contributed by atoms with Gasteiger partial charge in [0.1, 0.15) is 0 Å². The molecule has 0 fully saturated rings. The molecule has 3 aliphatic rings. The summed E-state index contributed by atoms with van der Waals surface area (Å²) in [7, 11) is 0. The van der Waals surface area contributed by atoms with E-state index in [1.165, 1.54) is 44.5 Å². The van der Waals surface area contributed by atoms with Gasteiger partial charge in [-0.25, -0.2) is 0 Å². The monoisotopic (exact) mass is 550 g/mol. The largest absolute Gasteiger partial charge is 0.276 e. The van der Waals surface area contributed by atoms with Gasteiger partial charge in [0.25, 0.3) is 5.56 Å². The van der Waals surface area contributed by atoms with E-state index in [0.717, 1.165) is 39.3 Å². The van der Waals surface area contributed by atoms with E-state index in [4.69, 9.17) is 0 Å². The number of pyridine rings is 2. The molecule has 202 valence electrons. The zero-order valence-electron chi connectivity index (χ0n) is 23.6. The van der Waals surface area contributed by atoms with Crippen LogP contribution in [0.4, 0.5) is 0 Å². The first-order valence-electron chi connectivity index (χ1n) is 15.1. The molecule has 1 spiro atoms. The van der Waals surface area contributed by atoms with E-state index in [9.17, 15) is 4.79 Å². The van der Waals surface area contributed by atoms with Crippen LogP contribution in [0.3, 0.4) is 0 Å². The average Bonchev–Trinajstić information content (AvgIpc) is 3.50. The Kier molecular flexibility index (Phi) is 4.31. The van der Waals surface area contributed by atoms with Crippen LogP contribution in [0.1, 0.15) is 35.6 Å². The van der Waals surface area contributed by atoms with E-state index >= 15 is 0 Å². The fourth-order valence-corrected chi connectivity index (χ4v) is 8.45. The van der Waals surface area contributed by atoms with Crippen molar-refractivity contribution in [1.82, 2.24) is 9.55 Å². The van der Waals surface area contributed by atoms with Crippen LogP contribution in [0.25, 0.3) is 55.0 Å². The highest BCUT2D eigenvalue weighted by Crippen LogP contribution is 2.64. The molecule has 3 aliphatic carbocycles. The number of benzene rings is 5. The third-order valence-corrected chi connectivity index (χ3v) is 10.1. The molecule has 0 N–H and O–H groups in total. The quantitative estimate of drug-likeness (QED) is 0.192. The van der Waals surface area contributed by atoms with Gasteiger partial charge in [0.05, 0.1) is 21.8 Å². The molecule has 7 aromatic rings. The lowest BCUT2D eigenvalue weighted by molar-refractivity contribution is 0.701. The lowest BCUT2D eigenvalue weighted by atomic mass is 9.69. The zero-order chi connectivity index (χ0) is 28.4. The van der Waals surface area contributed by atoms with E-state index < -0.39 is 5.41 Å². The number of fused-ring (bicyclic) bond motifs is 10. The number of hydrogen-bond acceptors (Lipinski definition) is 2. The van der Waals surface area contributed by atoms with Crippen LogP contribution in [0.5, 0.6) is 0 Å². The maximum atomic E-state index is 14.4. The number of aromatic nitrogens is 2. The highest BCUT2D eigenvalue weighted by molar-refractivity contribution is 6.20.